The average molecular weight is 350 g/mol. The number of hydrogen-bond donors (Lipinski definition) is 1. The van der Waals surface area contributed by atoms with Crippen molar-refractivity contribution in [1.82, 2.24) is 19.9 Å². The van der Waals surface area contributed by atoms with Crippen molar-refractivity contribution in [2.45, 2.75) is 0 Å². The molecule has 0 amide bonds. The van der Waals surface area contributed by atoms with Crippen LogP contribution in [0.2, 0.25) is 0 Å². The number of aromatic nitrogens is 4. The van der Waals surface area contributed by atoms with Crippen molar-refractivity contribution < 1.29 is 0 Å². The van der Waals surface area contributed by atoms with Crippen LogP contribution in [0.25, 0.3) is 44.3 Å². The summed E-state index contributed by atoms with van der Waals surface area (Å²) in [6.45, 7) is 0. The molecule has 0 saturated heterocycles. The van der Waals surface area contributed by atoms with Crippen LogP contribution < -0.4 is 5.43 Å². The Morgan fingerprint density at radius 2 is 1.78 bits per heavy atom. The van der Waals surface area contributed by atoms with Crippen molar-refractivity contribution in [1.29, 1.82) is 0 Å². The third-order valence-corrected chi connectivity index (χ3v) is 4.61. The van der Waals surface area contributed by atoms with Crippen LogP contribution in [0.5, 0.6) is 0 Å². The second-order valence-electron chi connectivity index (χ2n) is 6.28. The highest BCUT2D eigenvalue weighted by molar-refractivity contribution is 5.93. The van der Waals surface area contributed by atoms with E-state index in [1.165, 1.54) is 12.4 Å². The summed E-state index contributed by atoms with van der Waals surface area (Å²) in [6, 6.07) is 19.4. The Hall–Kier alpha value is -3.86. The van der Waals surface area contributed by atoms with Crippen molar-refractivity contribution in [2.75, 3.05) is 0 Å². The van der Waals surface area contributed by atoms with E-state index in [4.69, 9.17) is 4.98 Å². The maximum absolute atomic E-state index is 12.3. The molecule has 0 saturated carbocycles. The highest BCUT2D eigenvalue weighted by atomic mass is 16.1. The summed E-state index contributed by atoms with van der Waals surface area (Å²) in [7, 11) is 0. The van der Waals surface area contributed by atoms with Crippen LogP contribution >= 0.6 is 0 Å². The average Bonchev–Trinajstić information content (AvgIpc) is 2.73. The summed E-state index contributed by atoms with van der Waals surface area (Å²) in [5, 5.41) is 1.51. The van der Waals surface area contributed by atoms with Gasteiger partial charge in [0, 0.05) is 35.0 Å². The van der Waals surface area contributed by atoms with Crippen LogP contribution in [0.15, 0.2) is 84.2 Å². The standard InChI is InChI=1S/C22H14N4O/c27-20-8-9-24-22-18(20)11-17(21(26-22)14-4-2-1-3-5-14)15-6-7-19-16(10-15)12-23-13-25-19/h1-13H,(H,24,26,27). The molecule has 3 aromatic heterocycles. The molecule has 0 aliphatic rings. The van der Waals surface area contributed by atoms with Crippen molar-refractivity contribution in [2.24, 2.45) is 0 Å². The Bertz CT molecular complexity index is 1340. The fraction of sp³-hybridized carbons (Fsp3) is 0. The number of fused-ring (bicyclic) bond motifs is 2. The molecule has 5 nitrogen and oxygen atoms in total. The van der Waals surface area contributed by atoms with Crippen LogP contribution in [-0.2, 0) is 0 Å². The predicted molar refractivity (Wildman–Crippen MR) is 106 cm³/mol. The molecule has 0 radical (unpaired) electrons. The lowest BCUT2D eigenvalue weighted by Gasteiger charge is -2.12. The van der Waals surface area contributed by atoms with E-state index in [1.54, 1.807) is 12.4 Å². The van der Waals surface area contributed by atoms with Gasteiger partial charge in [-0.05, 0) is 23.8 Å². The third-order valence-electron chi connectivity index (χ3n) is 4.61. The maximum atomic E-state index is 12.3. The first-order valence-electron chi connectivity index (χ1n) is 8.57. The van der Waals surface area contributed by atoms with Crippen molar-refractivity contribution in [3.63, 3.8) is 0 Å². The molecule has 3 heterocycles. The van der Waals surface area contributed by atoms with Gasteiger partial charge in [0.15, 0.2) is 5.43 Å². The lowest BCUT2D eigenvalue weighted by molar-refractivity contribution is 1.22. The first-order valence-corrected chi connectivity index (χ1v) is 8.57. The minimum absolute atomic E-state index is 0.0544. The molecule has 0 bridgehead atoms. The predicted octanol–water partition coefficient (Wildman–Crippen LogP) is 4.20. The maximum Gasteiger partial charge on any atom is 0.191 e. The summed E-state index contributed by atoms with van der Waals surface area (Å²) in [4.78, 5) is 28.6. The molecular formula is C22H14N4O. The first-order chi connectivity index (χ1) is 13.3. The number of aromatic amines is 1. The van der Waals surface area contributed by atoms with Gasteiger partial charge < -0.3 is 4.98 Å². The van der Waals surface area contributed by atoms with Gasteiger partial charge in [0.25, 0.3) is 0 Å². The van der Waals surface area contributed by atoms with Gasteiger partial charge in [-0.1, -0.05) is 36.4 Å². The lowest BCUT2D eigenvalue weighted by atomic mass is 9.97. The molecule has 0 aliphatic carbocycles. The monoisotopic (exact) mass is 350 g/mol. The molecule has 5 aromatic rings. The van der Waals surface area contributed by atoms with E-state index in [1.807, 2.05) is 54.6 Å². The van der Waals surface area contributed by atoms with Gasteiger partial charge in [0.2, 0.25) is 0 Å². The Morgan fingerprint density at radius 3 is 2.67 bits per heavy atom. The largest absolute Gasteiger partial charge is 0.346 e. The molecule has 0 atom stereocenters. The zero-order valence-electron chi connectivity index (χ0n) is 14.3. The molecular weight excluding hydrogens is 336 g/mol. The SMILES string of the molecule is O=c1cc[nH]c2nc(-c3ccccc3)c(-c3ccc4ncncc4c3)cc12. The van der Waals surface area contributed by atoms with Gasteiger partial charge in [-0.25, -0.2) is 15.0 Å². The summed E-state index contributed by atoms with van der Waals surface area (Å²) >= 11 is 0. The van der Waals surface area contributed by atoms with Gasteiger partial charge in [-0.3, -0.25) is 4.79 Å². The molecule has 0 aliphatic heterocycles. The number of H-pyrrole nitrogens is 1. The van der Waals surface area contributed by atoms with E-state index < -0.39 is 0 Å². The number of nitrogens with zero attached hydrogens (tertiary/aromatic N) is 3. The fourth-order valence-electron chi connectivity index (χ4n) is 3.29. The summed E-state index contributed by atoms with van der Waals surface area (Å²) in [6.07, 6.45) is 4.95. The summed E-state index contributed by atoms with van der Waals surface area (Å²) < 4.78 is 0. The quantitative estimate of drug-likeness (QED) is 0.518. The fourth-order valence-corrected chi connectivity index (χ4v) is 3.29. The number of benzene rings is 2. The van der Waals surface area contributed by atoms with Crippen LogP contribution in [0.1, 0.15) is 0 Å². The van der Waals surface area contributed by atoms with E-state index in [9.17, 15) is 4.79 Å². The molecule has 128 valence electrons. The van der Waals surface area contributed by atoms with Crippen molar-refractivity contribution in [3.8, 4) is 22.4 Å². The number of rotatable bonds is 2. The van der Waals surface area contributed by atoms with Crippen LogP contribution in [0, 0.1) is 0 Å². The Kier molecular flexibility index (Phi) is 3.50. The van der Waals surface area contributed by atoms with Gasteiger partial charge in [-0.2, -0.15) is 0 Å². The second-order valence-corrected chi connectivity index (χ2v) is 6.28. The molecule has 0 fully saturated rings. The van der Waals surface area contributed by atoms with Crippen molar-refractivity contribution >= 4 is 21.9 Å². The normalized spacial score (nSPS) is 11.1. The van der Waals surface area contributed by atoms with Crippen LogP contribution in [0.4, 0.5) is 0 Å². The summed E-state index contributed by atoms with van der Waals surface area (Å²) in [5.41, 5.74) is 5.08. The van der Waals surface area contributed by atoms with E-state index in [0.29, 0.717) is 11.0 Å². The van der Waals surface area contributed by atoms with E-state index in [2.05, 4.69) is 15.0 Å². The van der Waals surface area contributed by atoms with Gasteiger partial charge in [0.05, 0.1) is 16.6 Å². The molecule has 2 aromatic carbocycles. The highest BCUT2D eigenvalue weighted by Gasteiger charge is 2.13. The molecule has 1 N–H and O–H groups in total. The third kappa shape index (κ3) is 2.66. The van der Waals surface area contributed by atoms with E-state index in [-0.39, 0.29) is 5.43 Å². The number of hydrogen-bond acceptors (Lipinski definition) is 4. The number of nitrogens with one attached hydrogen (secondary N) is 1. The van der Waals surface area contributed by atoms with Gasteiger partial charge >= 0.3 is 0 Å². The van der Waals surface area contributed by atoms with Crippen LogP contribution in [-0.4, -0.2) is 19.9 Å². The zero-order valence-corrected chi connectivity index (χ0v) is 14.3. The smallest absolute Gasteiger partial charge is 0.191 e. The second kappa shape index (κ2) is 6.14. The minimum atomic E-state index is -0.0544. The first kappa shape index (κ1) is 15.4. The Balaban J connectivity index is 1.85. The zero-order chi connectivity index (χ0) is 18.2. The van der Waals surface area contributed by atoms with Gasteiger partial charge in [0.1, 0.15) is 12.0 Å². The molecule has 0 unspecified atom stereocenters. The molecule has 5 rings (SSSR count). The minimum Gasteiger partial charge on any atom is -0.346 e. The molecule has 5 heteroatoms. The summed E-state index contributed by atoms with van der Waals surface area (Å²) in [5.74, 6) is 0. The van der Waals surface area contributed by atoms with E-state index in [0.717, 1.165) is 33.3 Å². The van der Waals surface area contributed by atoms with Crippen LogP contribution in [0.3, 0.4) is 0 Å². The lowest BCUT2D eigenvalue weighted by Crippen LogP contribution is -2.03. The number of pyridine rings is 2. The molecule has 27 heavy (non-hydrogen) atoms. The van der Waals surface area contributed by atoms with Crippen molar-refractivity contribution in [3.05, 3.63) is 89.6 Å². The Labute approximate surface area is 154 Å². The Morgan fingerprint density at radius 1 is 0.889 bits per heavy atom. The molecule has 0 spiro atoms. The van der Waals surface area contributed by atoms with Gasteiger partial charge in [-0.15, -0.1) is 0 Å². The topological polar surface area (TPSA) is 71.5 Å². The highest BCUT2D eigenvalue weighted by Crippen LogP contribution is 2.33. The van der Waals surface area contributed by atoms with E-state index >= 15 is 0 Å².